The smallest absolute Gasteiger partial charge is 0.0504 e. The van der Waals surface area contributed by atoms with Gasteiger partial charge in [-0.05, 0) is 19.4 Å². The van der Waals surface area contributed by atoms with Gasteiger partial charge in [-0.1, -0.05) is 36.3 Å². The van der Waals surface area contributed by atoms with Crippen molar-refractivity contribution in [2.75, 3.05) is 0 Å². The highest BCUT2D eigenvalue weighted by Crippen LogP contribution is 2.20. The van der Waals surface area contributed by atoms with E-state index in [2.05, 4.69) is 18.1 Å². The third-order valence-corrected chi connectivity index (χ3v) is 1.86. The first-order chi connectivity index (χ1) is 5.17. The van der Waals surface area contributed by atoms with Gasteiger partial charge in [-0.15, -0.1) is 6.42 Å². The van der Waals surface area contributed by atoms with Gasteiger partial charge in [0.05, 0.1) is 5.41 Å². The summed E-state index contributed by atoms with van der Waals surface area (Å²) in [5.41, 5.74) is 1.06. The first-order valence-electron chi connectivity index (χ1n) is 3.70. The highest BCUT2D eigenvalue weighted by molar-refractivity contribution is 5.31. The summed E-state index contributed by atoms with van der Waals surface area (Å²) in [6, 6.07) is 10.1. The zero-order valence-corrected chi connectivity index (χ0v) is 6.96. The Bertz CT molecular complexity index is 262. The van der Waals surface area contributed by atoms with Crippen molar-refractivity contribution in [2.45, 2.75) is 19.3 Å². The summed E-state index contributed by atoms with van der Waals surface area (Å²) in [6.07, 6.45) is 5.39. The maximum Gasteiger partial charge on any atom is 0.0504 e. The highest BCUT2D eigenvalue weighted by atomic mass is 14.2. The molecular formula is C11H12. The monoisotopic (exact) mass is 144 g/mol. The lowest BCUT2D eigenvalue weighted by Gasteiger charge is -2.17. The molecule has 0 radical (unpaired) electrons. The van der Waals surface area contributed by atoms with Crippen LogP contribution in [0.15, 0.2) is 30.3 Å². The summed E-state index contributed by atoms with van der Waals surface area (Å²) in [7, 11) is 0. The number of rotatable bonds is 1. The van der Waals surface area contributed by atoms with Crippen molar-refractivity contribution < 1.29 is 0 Å². The molecule has 1 rings (SSSR count). The van der Waals surface area contributed by atoms with Gasteiger partial charge in [0.15, 0.2) is 0 Å². The minimum Gasteiger partial charge on any atom is -0.119 e. The van der Waals surface area contributed by atoms with Gasteiger partial charge in [-0.3, -0.25) is 0 Å². The molecule has 1 aromatic rings. The molecule has 1 aromatic carbocycles. The van der Waals surface area contributed by atoms with Crippen molar-refractivity contribution in [3.63, 3.8) is 0 Å². The lowest BCUT2D eigenvalue weighted by molar-refractivity contribution is 0.699. The average Bonchev–Trinajstić information content (AvgIpc) is 2.06. The topological polar surface area (TPSA) is 0 Å². The lowest BCUT2D eigenvalue weighted by atomic mass is 9.86. The molecule has 0 spiro atoms. The fourth-order valence-electron chi connectivity index (χ4n) is 0.938. The third-order valence-electron chi connectivity index (χ3n) is 1.86. The van der Waals surface area contributed by atoms with Gasteiger partial charge >= 0.3 is 0 Å². The van der Waals surface area contributed by atoms with E-state index >= 15 is 0 Å². The fraction of sp³-hybridized carbons (Fsp3) is 0.273. The van der Waals surface area contributed by atoms with Crippen LogP contribution in [-0.4, -0.2) is 0 Å². The molecule has 0 aliphatic heterocycles. The van der Waals surface area contributed by atoms with Gasteiger partial charge in [0.1, 0.15) is 0 Å². The lowest BCUT2D eigenvalue weighted by Crippen LogP contribution is -2.13. The molecule has 0 fully saturated rings. The Morgan fingerprint density at radius 1 is 1.18 bits per heavy atom. The van der Waals surface area contributed by atoms with Gasteiger partial charge in [0, 0.05) is 0 Å². The van der Waals surface area contributed by atoms with Gasteiger partial charge in [-0.25, -0.2) is 0 Å². The van der Waals surface area contributed by atoms with Gasteiger partial charge in [0.2, 0.25) is 0 Å². The molecule has 0 atom stereocenters. The molecule has 0 unspecified atom stereocenters. The van der Waals surface area contributed by atoms with Crippen molar-refractivity contribution in [3.8, 4) is 12.3 Å². The van der Waals surface area contributed by atoms with E-state index in [1.807, 2.05) is 32.0 Å². The summed E-state index contributed by atoms with van der Waals surface area (Å²) >= 11 is 0. The summed E-state index contributed by atoms with van der Waals surface area (Å²) in [4.78, 5) is 0. The second kappa shape index (κ2) is 2.80. The third kappa shape index (κ3) is 1.62. The van der Waals surface area contributed by atoms with Crippen LogP contribution in [0.5, 0.6) is 0 Å². The quantitative estimate of drug-likeness (QED) is 0.531. The SMILES string of the molecule is C#CC(C)(C)c1ccccc1. The van der Waals surface area contributed by atoms with Crippen molar-refractivity contribution in [1.82, 2.24) is 0 Å². The molecular weight excluding hydrogens is 132 g/mol. The molecule has 0 heteroatoms. The molecule has 0 nitrogen and oxygen atoms in total. The molecule has 0 aromatic heterocycles. The molecule has 0 saturated carbocycles. The van der Waals surface area contributed by atoms with Crippen molar-refractivity contribution in [1.29, 1.82) is 0 Å². The normalized spacial score (nSPS) is 10.6. The van der Waals surface area contributed by atoms with E-state index in [-0.39, 0.29) is 5.41 Å². The van der Waals surface area contributed by atoms with Crippen LogP contribution in [0.2, 0.25) is 0 Å². The first-order valence-corrected chi connectivity index (χ1v) is 3.70. The van der Waals surface area contributed by atoms with E-state index < -0.39 is 0 Å². The van der Waals surface area contributed by atoms with E-state index in [9.17, 15) is 0 Å². The highest BCUT2D eigenvalue weighted by Gasteiger charge is 2.15. The number of benzene rings is 1. The molecule has 0 N–H and O–H groups in total. The largest absolute Gasteiger partial charge is 0.119 e. The standard InChI is InChI=1S/C11H12/c1-4-11(2,3)10-8-6-5-7-9-10/h1,5-9H,2-3H3. The Balaban J connectivity index is 3.05. The Morgan fingerprint density at radius 2 is 1.73 bits per heavy atom. The van der Waals surface area contributed by atoms with Crippen LogP contribution in [0.3, 0.4) is 0 Å². The van der Waals surface area contributed by atoms with Crippen molar-refractivity contribution >= 4 is 0 Å². The predicted molar refractivity (Wildman–Crippen MR) is 48.3 cm³/mol. The molecule has 56 valence electrons. The Labute approximate surface area is 68.3 Å². The van der Waals surface area contributed by atoms with Crippen LogP contribution in [0.1, 0.15) is 19.4 Å². The molecule has 0 heterocycles. The van der Waals surface area contributed by atoms with Crippen molar-refractivity contribution in [2.24, 2.45) is 0 Å². The number of terminal acetylenes is 1. The zero-order chi connectivity index (χ0) is 8.32. The summed E-state index contributed by atoms with van der Waals surface area (Å²) in [5.74, 6) is 2.76. The molecule has 0 amide bonds. The van der Waals surface area contributed by atoms with E-state index in [0.717, 1.165) is 0 Å². The minimum atomic E-state index is -0.138. The molecule has 0 saturated heterocycles. The van der Waals surface area contributed by atoms with E-state index in [1.54, 1.807) is 0 Å². The fourth-order valence-corrected chi connectivity index (χ4v) is 0.938. The van der Waals surface area contributed by atoms with Crippen molar-refractivity contribution in [3.05, 3.63) is 35.9 Å². The second-order valence-electron chi connectivity index (χ2n) is 3.14. The second-order valence-corrected chi connectivity index (χ2v) is 3.14. The van der Waals surface area contributed by atoms with Crippen LogP contribution in [0.25, 0.3) is 0 Å². The Hall–Kier alpha value is -1.22. The van der Waals surface area contributed by atoms with Crippen LogP contribution in [0.4, 0.5) is 0 Å². The van der Waals surface area contributed by atoms with Crippen LogP contribution in [0, 0.1) is 12.3 Å². The minimum absolute atomic E-state index is 0.138. The maximum atomic E-state index is 5.39. The van der Waals surface area contributed by atoms with Crippen LogP contribution < -0.4 is 0 Å². The maximum absolute atomic E-state index is 5.39. The van der Waals surface area contributed by atoms with Gasteiger partial charge in [-0.2, -0.15) is 0 Å². The zero-order valence-electron chi connectivity index (χ0n) is 6.96. The Morgan fingerprint density at radius 3 is 2.18 bits per heavy atom. The summed E-state index contributed by atoms with van der Waals surface area (Å²) in [6.45, 7) is 4.09. The first kappa shape index (κ1) is 7.88. The predicted octanol–water partition coefficient (Wildman–Crippen LogP) is 2.60. The van der Waals surface area contributed by atoms with E-state index in [0.29, 0.717) is 0 Å². The molecule has 0 aliphatic carbocycles. The number of hydrogen-bond acceptors (Lipinski definition) is 0. The summed E-state index contributed by atoms with van der Waals surface area (Å²) < 4.78 is 0. The van der Waals surface area contributed by atoms with Gasteiger partial charge in [0.25, 0.3) is 0 Å². The number of hydrogen-bond donors (Lipinski definition) is 0. The average molecular weight is 144 g/mol. The Kier molecular flexibility index (Phi) is 2.01. The van der Waals surface area contributed by atoms with E-state index in [1.165, 1.54) is 5.56 Å². The molecule has 0 bridgehead atoms. The molecule has 11 heavy (non-hydrogen) atoms. The van der Waals surface area contributed by atoms with E-state index in [4.69, 9.17) is 6.42 Å². The summed E-state index contributed by atoms with van der Waals surface area (Å²) in [5, 5.41) is 0. The molecule has 0 aliphatic rings. The van der Waals surface area contributed by atoms with Crippen LogP contribution in [-0.2, 0) is 5.41 Å². The van der Waals surface area contributed by atoms with Crippen LogP contribution >= 0.6 is 0 Å². The van der Waals surface area contributed by atoms with Gasteiger partial charge < -0.3 is 0 Å².